The molecule has 3 amide bonds. The molecule has 0 atom stereocenters. The molecule has 0 radical (unpaired) electrons. The van der Waals surface area contributed by atoms with Gasteiger partial charge in [-0.15, -0.1) is 0 Å². The van der Waals surface area contributed by atoms with E-state index in [1.807, 2.05) is 30.3 Å². The summed E-state index contributed by atoms with van der Waals surface area (Å²) in [4.78, 5) is 66.1. The van der Waals surface area contributed by atoms with E-state index in [1.165, 1.54) is 18.1 Å². The van der Waals surface area contributed by atoms with E-state index in [-0.39, 0.29) is 62.4 Å². The number of piperazine rings is 1. The van der Waals surface area contributed by atoms with Crippen molar-refractivity contribution in [2.45, 2.75) is 70.3 Å². The van der Waals surface area contributed by atoms with Gasteiger partial charge in [-0.25, -0.2) is 19.3 Å². The first kappa shape index (κ1) is 33.0. The Morgan fingerprint density at radius 2 is 1.67 bits per heavy atom. The van der Waals surface area contributed by atoms with Gasteiger partial charge in [0.15, 0.2) is 11.5 Å². The highest BCUT2D eigenvalue weighted by molar-refractivity contribution is 6.00. The summed E-state index contributed by atoms with van der Waals surface area (Å²) in [7, 11) is 2.42. The predicted molar refractivity (Wildman–Crippen MR) is 158 cm³/mol. The average Bonchev–Trinajstić information content (AvgIpc) is 3.01. The fourth-order valence-electron chi connectivity index (χ4n) is 5.51. The van der Waals surface area contributed by atoms with Crippen molar-refractivity contribution in [3.8, 4) is 11.5 Å². The van der Waals surface area contributed by atoms with E-state index in [0.29, 0.717) is 0 Å². The first-order valence-electron chi connectivity index (χ1n) is 14.4. The summed E-state index contributed by atoms with van der Waals surface area (Å²) in [6, 6.07) is 11.4. The molecule has 1 saturated carbocycles. The van der Waals surface area contributed by atoms with Crippen LogP contribution >= 0.6 is 0 Å². The van der Waals surface area contributed by atoms with Crippen LogP contribution < -0.4 is 9.47 Å². The number of amides is 3. The van der Waals surface area contributed by atoms with Crippen molar-refractivity contribution in [1.82, 2.24) is 9.80 Å². The molecular weight excluding hydrogens is 590 g/mol. The van der Waals surface area contributed by atoms with Crippen LogP contribution in [0.4, 0.5) is 15.3 Å². The second-order valence-electron chi connectivity index (χ2n) is 11.7. The number of imide groups is 1. The van der Waals surface area contributed by atoms with Crippen molar-refractivity contribution in [1.29, 1.82) is 0 Å². The van der Waals surface area contributed by atoms with Crippen LogP contribution in [0.15, 0.2) is 42.5 Å². The van der Waals surface area contributed by atoms with Gasteiger partial charge < -0.3 is 23.7 Å². The van der Waals surface area contributed by atoms with Gasteiger partial charge in [-0.3, -0.25) is 19.8 Å². The number of methoxy groups -OCH3 is 2. The molecule has 242 valence electrons. The van der Waals surface area contributed by atoms with Crippen molar-refractivity contribution >= 4 is 29.8 Å². The molecule has 1 aliphatic carbocycles. The molecule has 45 heavy (non-hydrogen) atoms. The molecule has 2 aliphatic rings. The largest absolute Gasteiger partial charge is 0.493 e. The van der Waals surface area contributed by atoms with E-state index in [1.54, 1.807) is 20.8 Å². The van der Waals surface area contributed by atoms with E-state index in [4.69, 9.17) is 23.7 Å². The summed E-state index contributed by atoms with van der Waals surface area (Å²) in [6.07, 6.45) is -1.26. The molecule has 1 aliphatic heterocycles. The van der Waals surface area contributed by atoms with Crippen LogP contribution in [0, 0.1) is 10.1 Å². The number of hydrogen-bond donors (Lipinski definition) is 0. The monoisotopic (exact) mass is 627 g/mol. The van der Waals surface area contributed by atoms with Gasteiger partial charge in [-0.1, -0.05) is 30.3 Å². The summed E-state index contributed by atoms with van der Waals surface area (Å²) in [5, 5.41) is 11.6. The van der Waals surface area contributed by atoms with Crippen LogP contribution in [-0.4, -0.2) is 83.3 Å². The van der Waals surface area contributed by atoms with Gasteiger partial charge >= 0.3 is 18.2 Å². The number of carbonyl (C=O) groups excluding carboxylic acids is 4. The third-order valence-corrected chi connectivity index (χ3v) is 7.68. The molecule has 1 heterocycles. The summed E-state index contributed by atoms with van der Waals surface area (Å²) < 4.78 is 27.2. The van der Waals surface area contributed by atoms with E-state index in [2.05, 4.69) is 0 Å². The van der Waals surface area contributed by atoms with Crippen molar-refractivity contribution in [2.75, 3.05) is 27.3 Å². The van der Waals surface area contributed by atoms with Crippen molar-refractivity contribution < 1.29 is 47.8 Å². The zero-order chi connectivity index (χ0) is 32.9. The first-order chi connectivity index (χ1) is 21.3. The second-order valence-corrected chi connectivity index (χ2v) is 11.7. The topological polar surface area (TPSA) is 164 Å². The standard InChI is InChI=1S/C31H37N3O11/c1-30(2,3)45-28(37)32-15-16-33(29(38)43-19-20-9-7-6-8-10-20)31(27(32)36)13-11-21(12-14-31)44-25-17-22(26(35)42-5)23(34(39)40)18-24(25)41-4/h6-10,17-18,21H,11-16,19H2,1-5H3. The normalized spacial score (nSPS) is 19.9. The Kier molecular flexibility index (Phi) is 9.84. The Morgan fingerprint density at radius 3 is 2.24 bits per heavy atom. The molecule has 4 rings (SSSR count). The molecule has 1 spiro atoms. The van der Waals surface area contributed by atoms with Crippen molar-refractivity contribution in [3.63, 3.8) is 0 Å². The predicted octanol–water partition coefficient (Wildman–Crippen LogP) is 4.87. The van der Waals surface area contributed by atoms with E-state index >= 15 is 0 Å². The molecule has 0 aromatic heterocycles. The zero-order valence-electron chi connectivity index (χ0n) is 25.9. The molecule has 0 bridgehead atoms. The number of rotatable bonds is 7. The lowest BCUT2D eigenvalue weighted by molar-refractivity contribution is -0.385. The number of nitrogens with zero attached hydrogens (tertiary/aromatic N) is 3. The highest BCUT2D eigenvalue weighted by Crippen LogP contribution is 2.42. The summed E-state index contributed by atoms with van der Waals surface area (Å²) in [5.41, 5.74) is -2.28. The van der Waals surface area contributed by atoms with Gasteiger partial charge in [0.2, 0.25) is 0 Å². The third kappa shape index (κ3) is 7.27. The second kappa shape index (κ2) is 13.4. The maximum Gasteiger partial charge on any atom is 0.417 e. The zero-order valence-corrected chi connectivity index (χ0v) is 25.9. The van der Waals surface area contributed by atoms with Gasteiger partial charge in [-0.05, 0) is 52.0 Å². The van der Waals surface area contributed by atoms with E-state index in [0.717, 1.165) is 23.6 Å². The molecule has 1 saturated heterocycles. The van der Waals surface area contributed by atoms with Crippen LogP contribution in [0.2, 0.25) is 0 Å². The quantitative estimate of drug-likeness (QED) is 0.178. The van der Waals surface area contributed by atoms with Gasteiger partial charge in [0.1, 0.15) is 23.3 Å². The van der Waals surface area contributed by atoms with Gasteiger partial charge in [0, 0.05) is 19.2 Å². The smallest absolute Gasteiger partial charge is 0.417 e. The van der Waals surface area contributed by atoms with Gasteiger partial charge in [0.05, 0.1) is 31.3 Å². The SMILES string of the molecule is COC(=O)c1cc(OC2CCC3(CC2)C(=O)N(C(=O)OC(C)(C)C)CCN3C(=O)OCc2ccccc2)c(OC)cc1[N+](=O)[O-]. The number of carbonyl (C=O) groups is 4. The summed E-state index contributed by atoms with van der Waals surface area (Å²) in [5.74, 6) is -1.38. The minimum atomic E-state index is -1.40. The van der Waals surface area contributed by atoms with Crippen LogP contribution in [0.3, 0.4) is 0 Å². The fraction of sp³-hybridized carbons (Fsp3) is 0.484. The van der Waals surface area contributed by atoms with Crippen LogP contribution in [0.25, 0.3) is 0 Å². The minimum Gasteiger partial charge on any atom is -0.493 e. The highest BCUT2D eigenvalue weighted by atomic mass is 16.6. The molecular formula is C31H37N3O11. The maximum atomic E-state index is 14.0. The lowest BCUT2D eigenvalue weighted by atomic mass is 9.77. The maximum absolute atomic E-state index is 14.0. The number of ether oxygens (including phenoxy) is 5. The molecule has 14 heteroatoms. The highest BCUT2D eigenvalue weighted by Gasteiger charge is 2.55. The van der Waals surface area contributed by atoms with E-state index in [9.17, 15) is 29.3 Å². The van der Waals surface area contributed by atoms with Gasteiger partial charge in [0.25, 0.3) is 11.6 Å². The Hall–Kier alpha value is -4.88. The number of benzene rings is 2. The van der Waals surface area contributed by atoms with Crippen LogP contribution in [0.5, 0.6) is 11.5 Å². The minimum absolute atomic E-state index is 0.00439. The van der Waals surface area contributed by atoms with Crippen LogP contribution in [-0.2, 0) is 25.6 Å². The fourth-order valence-corrected chi connectivity index (χ4v) is 5.51. The van der Waals surface area contributed by atoms with Crippen molar-refractivity contribution in [2.24, 2.45) is 0 Å². The number of nitro groups is 1. The molecule has 0 N–H and O–H groups in total. The summed E-state index contributed by atoms with van der Waals surface area (Å²) >= 11 is 0. The molecule has 2 fully saturated rings. The number of nitro benzene ring substituents is 1. The Balaban J connectivity index is 1.58. The number of esters is 1. The van der Waals surface area contributed by atoms with Crippen molar-refractivity contribution in [3.05, 3.63) is 63.7 Å². The molecule has 14 nitrogen and oxygen atoms in total. The average molecular weight is 628 g/mol. The number of hydrogen-bond acceptors (Lipinski definition) is 11. The Morgan fingerprint density at radius 1 is 1.00 bits per heavy atom. The third-order valence-electron chi connectivity index (χ3n) is 7.68. The molecule has 2 aromatic rings. The Labute approximate surface area is 260 Å². The lowest BCUT2D eigenvalue weighted by Crippen LogP contribution is -2.69. The van der Waals surface area contributed by atoms with Gasteiger partial charge in [-0.2, -0.15) is 0 Å². The first-order valence-corrected chi connectivity index (χ1v) is 14.4. The molecule has 0 unspecified atom stereocenters. The lowest BCUT2D eigenvalue weighted by Gasteiger charge is -2.50. The van der Waals surface area contributed by atoms with Crippen LogP contribution in [0.1, 0.15) is 62.4 Å². The Bertz CT molecular complexity index is 1450. The van der Waals surface area contributed by atoms with E-state index < -0.39 is 51.9 Å². The summed E-state index contributed by atoms with van der Waals surface area (Å²) in [6.45, 7) is 5.08. The molecule has 2 aromatic carbocycles.